The maximum Gasteiger partial charge on any atom is 1.00 e. The summed E-state index contributed by atoms with van der Waals surface area (Å²) in [6.45, 7) is 5.62. The molecule has 8 rings (SSSR count). The van der Waals surface area contributed by atoms with Crippen molar-refractivity contribution in [3.8, 4) is 5.75 Å². The molecule has 2 aliphatic heterocycles. The normalized spacial score (nSPS) is 17.0. The number of likely N-dealkylation sites (tertiary alicyclic amines) is 2. The summed E-state index contributed by atoms with van der Waals surface area (Å²) in [5.74, 6) is -0.572. The molecule has 4 atom stereocenters. The number of carbonyl (C=O) groups excluding carboxylic acids is 2. The number of aliphatic hydroxyl groups excluding tert-OH is 2. The number of nitrogens with two attached hydrogens (primary N) is 1. The molecule has 0 saturated carbocycles. The van der Waals surface area contributed by atoms with Crippen molar-refractivity contribution >= 4 is 33.7 Å². The van der Waals surface area contributed by atoms with Crippen LogP contribution in [0, 0.1) is 11.8 Å². The third kappa shape index (κ3) is 18.9. The number of hydrogen-bond donors (Lipinski definition) is 4. The Morgan fingerprint density at radius 3 is 1.91 bits per heavy atom. The number of benzene rings is 4. The van der Waals surface area contributed by atoms with Gasteiger partial charge in [0.05, 0.1) is 23.1 Å². The minimum absolute atomic E-state index is 0. The van der Waals surface area contributed by atoms with Crippen molar-refractivity contribution in [3.63, 3.8) is 0 Å². The summed E-state index contributed by atoms with van der Waals surface area (Å²) in [4.78, 5) is 36.6. The molecular formula is C56H71LiN6O6. The molecule has 6 aromatic rings. The predicted octanol–water partition coefficient (Wildman–Crippen LogP) is 3.40. The number of aromatic nitrogens is 2. The SMILES string of the molecule is NCCCc1ccccc1.O=C(NCCCCc1ccccc1)C1CCCN(C[C@@H](O)CCc2cccc3ncccc23)C1.O=C([O-])C1CCCN(C[C@@H](O)COc2cccc3ncccc23)C1.[Li+]. The van der Waals surface area contributed by atoms with Gasteiger partial charge in [-0.3, -0.25) is 24.6 Å². The number of unbranched alkanes of at least 4 members (excludes halogenated alkanes) is 1. The van der Waals surface area contributed by atoms with Gasteiger partial charge in [-0.1, -0.05) is 84.9 Å². The van der Waals surface area contributed by atoms with E-state index in [4.69, 9.17) is 10.5 Å². The summed E-state index contributed by atoms with van der Waals surface area (Å²) >= 11 is 0. The van der Waals surface area contributed by atoms with Crippen LogP contribution in [-0.4, -0.2) is 113 Å². The third-order valence-electron chi connectivity index (χ3n) is 12.7. The third-order valence-corrected chi connectivity index (χ3v) is 12.7. The van der Waals surface area contributed by atoms with E-state index in [0.717, 1.165) is 112 Å². The van der Waals surface area contributed by atoms with Crippen LogP contribution in [0.25, 0.3) is 21.8 Å². The molecule has 2 unspecified atom stereocenters. The molecule has 4 heterocycles. The van der Waals surface area contributed by atoms with E-state index < -0.39 is 24.1 Å². The van der Waals surface area contributed by atoms with Gasteiger partial charge < -0.3 is 35.9 Å². The number of amides is 1. The van der Waals surface area contributed by atoms with E-state index in [1.165, 1.54) is 16.7 Å². The summed E-state index contributed by atoms with van der Waals surface area (Å²) < 4.78 is 5.75. The topological polar surface area (TPSA) is 177 Å². The fourth-order valence-corrected chi connectivity index (χ4v) is 9.09. The van der Waals surface area contributed by atoms with E-state index in [1.54, 1.807) is 6.20 Å². The van der Waals surface area contributed by atoms with Crippen molar-refractivity contribution in [1.82, 2.24) is 25.1 Å². The van der Waals surface area contributed by atoms with Crippen molar-refractivity contribution in [2.75, 3.05) is 59.0 Å². The number of rotatable bonds is 20. The molecule has 0 radical (unpaired) electrons. The van der Waals surface area contributed by atoms with Crippen LogP contribution < -0.4 is 39.8 Å². The number of fused-ring (bicyclic) bond motifs is 2. The zero-order chi connectivity index (χ0) is 47.8. The fourth-order valence-electron chi connectivity index (χ4n) is 9.09. The monoisotopic (exact) mass is 931 g/mol. The van der Waals surface area contributed by atoms with Crippen LogP contribution in [0.2, 0.25) is 0 Å². The first-order valence-corrected chi connectivity index (χ1v) is 24.6. The predicted molar refractivity (Wildman–Crippen MR) is 269 cm³/mol. The Hall–Kier alpha value is -5.16. The molecule has 0 bridgehead atoms. The Labute approximate surface area is 420 Å². The largest absolute Gasteiger partial charge is 1.00 e. The van der Waals surface area contributed by atoms with Crippen LogP contribution in [0.15, 0.2) is 134 Å². The number of aryl methyl sites for hydroxylation is 3. The summed E-state index contributed by atoms with van der Waals surface area (Å²) in [5.41, 5.74) is 11.2. The number of nitrogens with zero attached hydrogens (tertiary/aromatic N) is 4. The van der Waals surface area contributed by atoms with Gasteiger partial charge in [-0.2, -0.15) is 0 Å². The van der Waals surface area contributed by atoms with Crippen molar-refractivity contribution in [3.05, 3.63) is 150 Å². The second-order valence-electron chi connectivity index (χ2n) is 18.1. The molecule has 0 spiro atoms. The molecule has 2 aliphatic rings. The molecule has 1 amide bonds. The molecule has 12 nitrogen and oxygen atoms in total. The van der Waals surface area contributed by atoms with Crippen LogP contribution in [0.4, 0.5) is 0 Å². The molecular weight excluding hydrogens is 860 g/mol. The van der Waals surface area contributed by atoms with E-state index in [0.29, 0.717) is 38.2 Å². The Kier molecular flexibility index (Phi) is 24.2. The molecule has 4 aromatic carbocycles. The van der Waals surface area contributed by atoms with E-state index in [2.05, 4.69) is 80.8 Å². The van der Waals surface area contributed by atoms with Crippen LogP contribution in [0.3, 0.4) is 0 Å². The van der Waals surface area contributed by atoms with Crippen molar-refractivity contribution in [1.29, 1.82) is 0 Å². The van der Waals surface area contributed by atoms with Gasteiger partial charge in [0.1, 0.15) is 18.5 Å². The zero-order valence-electron chi connectivity index (χ0n) is 40.5. The van der Waals surface area contributed by atoms with Gasteiger partial charge in [0, 0.05) is 67.8 Å². The average molecular weight is 931 g/mol. The standard InChI is InChI=1S/C29H37N3O2.C18H22N2O4.C9H13N.Li/c33-26(17-16-24-12-6-15-28-27(24)14-7-19-30-28)22-32-20-8-13-25(21-32)29(34)31-18-5-4-11-23-9-2-1-3-10-23;21-14(11-20-9-3-4-13(10-20)18(22)23)12-24-17-7-1-6-16-15(17)5-2-8-19-16;10-8-4-7-9-5-2-1-3-6-9;/h1-3,6-7,9-10,12,14-15,19,25-26,33H,4-5,8,11,13,16-18,20-22H2,(H,31,34);1-2,5-8,13-14,21H,3-4,9-12H2,(H,22,23);1-3,5-6H,4,7-8,10H2;/q;;;+1/p-1/t25?,26-;13?,14-;;/m01../s1. The van der Waals surface area contributed by atoms with Gasteiger partial charge in [0.15, 0.2) is 0 Å². The van der Waals surface area contributed by atoms with Gasteiger partial charge in [-0.15, -0.1) is 0 Å². The first-order valence-electron chi connectivity index (χ1n) is 24.6. The van der Waals surface area contributed by atoms with Gasteiger partial charge in [0.2, 0.25) is 5.91 Å². The number of carboxylic acid groups (broad SMARTS) is 1. The summed E-state index contributed by atoms with van der Waals surface area (Å²) in [5, 5.41) is 37.1. The zero-order valence-corrected chi connectivity index (χ0v) is 40.5. The second kappa shape index (κ2) is 30.4. The first kappa shape index (κ1) is 54.8. The van der Waals surface area contributed by atoms with E-state index in [9.17, 15) is 24.9 Å². The van der Waals surface area contributed by atoms with Crippen LogP contribution in [0.5, 0.6) is 5.75 Å². The molecule has 362 valence electrons. The molecule has 2 saturated heterocycles. The fraction of sp³-hybridized carbons (Fsp3) is 0.429. The number of carbonyl (C=O) groups is 2. The number of hydrogen-bond acceptors (Lipinski definition) is 11. The Bertz CT molecular complexity index is 2390. The van der Waals surface area contributed by atoms with Gasteiger partial charge in [0.25, 0.3) is 0 Å². The summed E-state index contributed by atoms with van der Waals surface area (Å²) in [6.07, 6.45) is 12.7. The smallest absolute Gasteiger partial charge is 0.550 e. The van der Waals surface area contributed by atoms with Gasteiger partial charge in [-0.05, 0) is 143 Å². The maximum absolute atomic E-state index is 12.7. The molecule has 13 heteroatoms. The number of aliphatic hydroxyl groups is 2. The Morgan fingerprint density at radius 2 is 1.26 bits per heavy atom. The summed E-state index contributed by atoms with van der Waals surface area (Å²) in [6, 6.07) is 40.6. The molecule has 0 aliphatic carbocycles. The van der Waals surface area contributed by atoms with Crippen molar-refractivity contribution in [2.24, 2.45) is 17.6 Å². The maximum atomic E-state index is 12.7. The number of carboxylic acids is 1. The number of β-amino-alcohol motifs (C(OH)–C–C–N with tert-alkyl or cyclic N) is 2. The molecule has 2 aromatic heterocycles. The number of aliphatic carboxylic acids is 1. The van der Waals surface area contributed by atoms with Crippen molar-refractivity contribution < 1.29 is 48.5 Å². The van der Waals surface area contributed by atoms with Gasteiger partial charge in [-0.25, -0.2) is 0 Å². The van der Waals surface area contributed by atoms with E-state index in [-0.39, 0.29) is 37.3 Å². The molecule has 2 fully saturated rings. The first-order chi connectivity index (χ1) is 33.2. The summed E-state index contributed by atoms with van der Waals surface area (Å²) in [7, 11) is 0. The Balaban J connectivity index is 0.000000220. The van der Waals surface area contributed by atoms with Crippen LogP contribution in [-0.2, 0) is 28.9 Å². The number of ether oxygens (including phenoxy) is 1. The Morgan fingerprint density at radius 1 is 0.681 bits per heavy atom. The number of nitrogens with one attached hydrogen (secondary N) is 1. The number of pyridine rings is 2. The van der Waals surface area contributed by atoms with Gasteiger partial charge >= 0.3 is 18.9 Å². The average Bonchev–Trinajstić information content (AvgIpc) is 3.37. The molecule has 69 heavy (non-hydrogen) atoms. The quantitative estimate of drug-likeness (QED) is 0.0653. The van der Waals surface area contributed by atoms with E-state index >= 15 is 0 Å². The minimum atomic E-state index is -1.01. The second-order valence-corrected chi connectivity index (χ2v) is 18.1. The van der Waals surface area contributed by atoms with Crippen LogP contribution >= 0.6 is 0 Å². The van der Waals surface area contributed by atoms with Crippen LogP contribution in [0.1, 0.15) is 68.1 Å². The molecule has 5 N–H and O–H groups in total. The number of piperidine rings is 2. The van der Waals surface area contributed by atoms with Crippen molar-refractivity contribution in [2.45, 2.75) is 82.8 Å². The van der Waals surface area contributed by atoms with E-state index in [1.807, 2.05) is 71.8 Å². The minimum Gasteiger partial charge on any atom is -0.550 e.